The number of aromatic nitrogens is 2. The van der Waals surface area contributed by atoms with E-state index in [2.05, 4.69) is 15.1 Å². The smallest absolute Gasteiger partial charge is 0.151 e. The number of nitrogens with zero attached hydrogens (tertiary/aromatic N) is 3. The van der Waals surface area contributed by atoms with Crippen molar-refractivity contribution in [1.82, 2.24) is 10.2 Å². The summed E-state index contributed by atoms with van der Waals surface area (Å²) in [6, 6.07) is 3.66. The van der Waals surface area contributed by atoms with Crippen LogP contribution in [0.25, 0.3) is 0 Å². The lowest BCUT2D eigenvalue weighted by Crippen LogP contribution is -2.21. The van der Waals surface area contributed by atoms with Crippen LogP contribution in [0, 0.1) is 5.92 Å². The van der Waals surface area contributed by atoms with Gasteiger partial charge >= 0.3 is 0 Å². The maximum absolute atomic E-state index is 8.86. The van der Waals surface area contributed by atoms with Crippen LogP contribution in [0.3, 0.4) is 0 Å². The highest BCUT2D eigenvalue weighted by atomic mass is 16.3. The summed E-state index contributed by atoms with van der Waals surface area (Å²) in [7, 11) is 0. The van der Waals surface area contributed by atoms with Gasteiger partial charge in [0, 0.05) is 19.7 Å². The topological polar surface area (TPSA) is 75.3 Å². The molecule has 2 rings (SSSR count). The number of anilines is 2. The lowest BCUT2D eigenvalue weighted by Gasteiger charge is -2.16. The van der Waals surface area contributed by atoms with Gasteiger partial charge in [-0.25, -0.2) is 0 Å². The van der Waals surface area contributed by atoms with Gasteiger partial charge in [-0.05, 0) is 30.9 Å². The lowest BCUT2D eigenvalue weighted by atomic mass is 10.1. The first kappa shape index (κ1) is 10.2. The summed E-state index contributed by atoms with van der Waals surface area (Å²) in [4.78, 5) is 2.19. The van der Waals surface area contributed by atoms with Crippen LogP contribution in [0.5, 0.6) is 0 Å². The molecule has 1 aliphatic rings. The normalized spacial score (nSPS) is 20.9. The van der Waals surface area contributed by atoms with E-state index >= 15 is 0 Å². The van der Waals surface area contributed by atoms with Crippen LogP contribution >= 0.6 is 0 Å². The number of rotatable bonds is 3. The Labute approximate surface area is 88.9 Å². The van der Waals surface area contributed by atoms with Gasteiger partial charge < -0.3 is 15.7 Å². The quantitative estimate of drug-likeness (QED) is 0.745. The molecule has 1 atom stereocenters. The van der Waals surface area contributed by atoms with E-state index in [0.29, 0.717) is 11.7 Å². The predicted molar refractivity (Wildman–Crippen MR) is 58.5 cm³/mol. The van der Waals surface area contributed by atoms with Crippen LogP contribution in [0.2, 0.25) is 0 Å². The summed E-state index contributed by atoms with van der Waals surface area (Å²) in [6.45, 7) is 2.22. The average molecular weight is 208 g/mol. The monoisotopic (exact) mass is 208 g/mol. The minimum absolute atomic E-state index is 0.270. The van der Waals surface area contributed by atoms with Crippen molar-refractivity contribution in [3.63, 3.8) is 0 Å². The van der Waals surface area contributed by atoms with Crippen LogP contribution in [-0.4, -0.2) is 35.0 Å². The Morgan fingerprint density at radius 3 is 3.00 bits per heavy atom. The third-order valence-electron chi connectivity index (χ3n) is 2.82. The number of aliphatic hydroxyl groups excluding tert-OH is 1. The standard InChI is InChI=1S/C10H16N4O/c11-9-1-2-10(13-12-9)14-5-3-8(7-14)4-6-15/h1-2,8,15H,3-7H2,(H2,11,12). The molecule has 0 bridgehead atoms. The van der Waals surface area contributed by atoms with Crippen molar-refractivity contribution in [3.8, 4) is 0 Å². The Kier molecular flexibility index (Phi) is 3.01. The fourth-order valence-electron chi connectivity index (χ4n) is 1.96. The zero-order valence-corrected chi connectivity index (χ0v) is 8.63. The number of nitrogen functional groups attached to an aromatic ring is 1. The Morgan fingerprint density at radius 1 is 1.47 bits per heavy atom. The molecule has 0 radical (unpaired) electrons. The third kappa shape index (κ3) is 2.36. The van der Waals surface area contributed by atoms with Gasteiger partial charge in [0.1, 0.15) is 5.82 Å². The maximum Gasteiger partial charge on any atom is 0.151 e. The molecular formula is C10H16N4O. The second kappa shape index (κ2) is 4.44. The molecule has 3 N–H and O–H groups in total. The van der Waals surface area contributed by atoms with Gasteiger partial charge in [-0.1, -0.05) is 0 Å². The molecule has 5 nitrogen and oxygen atoms in total. The van der Waals surface area contributed by atoms with Crippen molar-refractivity contribution in [1.29, 1.82) is 0 Å². The van der Waals surface area contributed by atoms with Gasteiger partial charge in [0.25, 0.3) is 0 Å². The molecule has 1 aromatic rings. The predicted octanol–water partition coefficient (Wildman–Crippen LogP) is 0.267. The van der Waals surface area contributed by atoms with E-state index in [4.69, 9.17) is 10.8 Å². The molecule has 0 spiro atoms. The Morgan fingerprint density at radius 2 is 2.33 bits per heavy atom. The van der Waals surface area contributed by atoms with Crippen molar-refractivity contribution in [2.45, 2.75) is 12.8 Å². The Hall–Kier alpha value is -1.36. The van der Waals surface area contributed by atoms with E-state index in [9.17, 15) is 0 Å². The van der Waals surface area contributed by atoms with E-state index in [1.807, 2.05) is 6.07 Å². The largest absolute Gasteiger partial charge is 0.396 e. The highest BCUT2D eigenvalue weighted by molar-refractivity contribution is 5.42. The molecule has 0 amide bonds. The van der Waals surface area contributed by atoms with Crippen LogP contribution in [0.15, 0.2) is 12.1 Å². The summed E-state index contributed by atoms with van der Waals surface area (Å²) in [5, 5.41) is 16.7. The molecule has 82 valence electrons. The van der Waals surface area contributed by atoms with Crippen molar-refractivity contribution in [3.05, 3.63) is 12.1 Å². The molecule has 1 unspecified atom stereocenters. The zero-order valence-electron chi connectivity index (χ0n) is 8.63. The average Bonchev–Trinajstić information content (AvgIpc) is 2.68. The first-order chi connectivity index (χ1) is 7.29. The summed E-state index contributed by atoms with van der Waals surface area (Å²) in [6.07, 6.45) is 1.99. The highest BCUT2D eigenvalue weighted by Gasteiger charge is 2.22. The van der Waals surface area contributed by atoms with Crippen LogP contribution < -0.4 is 10.6 Å². The van der Waals surface area contributed by atoms with Gasteiger partial charge in [-0.15, -0.1) is 10.2 Å². The molecule has 1 aromatic heterocycles. The molecule has 2 heterocycles. The number of aliphatic hydroxyl groups is 1. The van der Waals surface area contributed by atoms with E-state index in [0.717, 1.165) is 31.7 Å². The van der Waals surface area contributed by atoms with Gasteiger partial charge in [0.15, 0.2) is 5.82 Å². The van der Waals surface area contributed by atoms with E-state index in [1.165, 1.54) is 0 Å². The molecule has 1 aliphatic heterocycles. The third-order valence-corrected chi connectivity index (χ3v) is 2.82. The van der Waals surface area contributed by atoms with Crippen molar-refractivity contribution in [2.75, 3.05) is 30.3 Å². The van der Waals surface area contributed by atoms with Crippen molar-refractivity contribution in [2.24, 2.45) is 5.92 Å². The van der Waals surface area contributed by atoms with Crippen LogP contribution in [0.1, 0.15) is 12.8 Å². The first-order valence-corrected chi connectivity index (χ1v) is 5.24. The number of hydrogen-bond donors (Lipinski definition) is 2. The zero-order chi connectivity index (χ0) is 10.7. The molecule has 1 saturated heterocycles. The molecule has 15 heavy (non-hydrogen) atoms. The summed E-state index contributed by atoms with van der Waals surface area (Å²) >= 11 is 0. The molecule has 5 heteroatoms. The van der Waals surface area contributed by atoms with Crippen molar-refractivity contribution < 1.29 is 5.11 Å². The number of hydrogen-bond acceptors (Lipinski definition) is 5. The molecule has 0 aliphatic carbocycles. The van der Waals surface area contributed by atoms with Crippen molar-refractivity contribution >= 4 is 11.6 Å². The molecule has 0 saturated carbocycles. The first-order valence-electron chi connectivity index (χ1n) is 5.24. The number of nitrogens with two attached hydrogens (primary N) is 1. The van der Waals surface area contributed by atoms with Gasteiger partial charge in [-0.2, -0.15) is 0 Å². The second-order valence-corrected chi connectivity index (χ2v) is 3.93. The van der Waals surface area contributed by atoms with Gasteiger partial charge in [0.05, 0.1) is 0 Å². The minimum Gasteiger partial charge on any atom is -0.396 e. The SMILES string of the molecule is Nc1ccc(N2CCC(CCO)C2)nn1. The van der Waals surface area contributed by atoms with Crippen LogP contribution in [0.4, 0.5) is 11.6 Å². The molecule has 1 fully saturated rings. The van der Waals surface area contributed by atoms with Gasteiger partial charge in [0.2, 0.25) is 0 Å². The van der Waals surface area contributed by atoms with Gasteiger partial charge in [-0.3, -0.25) is 0 Å². The maximum atomic E-state index is 8.86. The fraction of sp³-hybridized carbons (Fsp3) is 0.600. The van der Waals surface area contributed by atoms with E-state index < -0.39 is 0 Å². The molecular weight excluding hydrogens is 192 g/mol. The summed E-state index contributed by atoms with van der Waals surface area (Å²) in [5.74, 6) is 1.91. The minimum atomic E-state index is 0.270. The Bertz CT molecular complexity index is 314. The highest BCUT2D eigenvalue weighted by Crippen LogP contribution is 2.23. The summed E-state index contributed by atoms with van der Waals surface area (Å²) in [5.41, 5.74) is 5.48. The van der Waals surface area contributed by atoms with Crippen LogP contribution in [-0.2, 0) is 0 Å². The van der Waals surface area contributed by atoms with E-state index in [-0.39, 0.29) is 6.61 Å². The fourth-order valence-corrected chi connectivity index (χ4v) is 1.96. The lowest BCUT2D eigenvalue weighted by molar-refractivity contribution is 0.263. The van der Waals surface area contributed by atoms with E-state index in [1.54, 1.807) is 6.07 Å². The molecule has 0 aromatic carbocycles. The second-order valence-electron chi connectivity index (χ2n) is 3.93. The Balaban J connectivity index is 1.98. The summed E-state index contributed by atoms with van der Waals surface area (Å²) < 4.78 is 0.